The molecule has 0 radical (unpaired) electrons. The fraction of sp³-hybridized carbons (Fsp3) is 0.727. The summed E-state index contributed by atoms with van der Waals surface area (Å²) in [6.45, 7) is 3.56. The highest BCUT2D eigenvalue weighted by molar-refractivity contribution is 7.11. The highest BCUT2D eigenvalue weighted by atomic mass is 32.1. The molecule has 0 aliphatic heterocycles. The zero-order valence-electron chi connectivity index (χ0n) is 9.66. The molecule has 5 heteroatoms. The van der Waals surface area contributed by atoms with E-state index >= 15 is 0 Å². The zero-order valence-corrected chi connectivity index (χ0v) is 10.5. The Morgan fingerprint density at radius 2 is 2.38 bits per heavy atom. The van der Waals surface area contributed by atoms with Crippen LogP contribution in [0.2, 0.25) is 0 Å². The van der Waals surface area contributed by atoms with Crippen LogP contribution in [0.5, 0.6) is 5.75 Å². The van der Waals surface area contributed by atoms with Crippen molar-refractivity contribution in [1.29, 1.82) is 0 Å². The van der Waals surface area contributed by atoms with Crippen molar-refractivity contribution in [3.8, 4) is 5.75 Å². The monoisotopic (exact) mass is 241 g/mol. The normalized spacial score (nSPS) is 15.1. The van der Waals surface area contributed by atoms with Gasteiger partial charge in [-0.3, -0.25) is 0 Å². The van der Waals surface area contributed by atoms with Crippen LogP contribution >= 0.6 is 11.5 Å². The van der Waals surface area contributed by atoms with Gasteiger partial charge in [-0.25, -0.2) is 0 Å². The summed E-state index contributed by atoms with van der Waals surface area (Å²) in [5, 5.41) is 4.32. The van der Waals surface area contributed by atoms with Crippen LogP contribution in [0, 0.1) is 5.92 Å². The quantitative estimate of drug-likeness (QED) is 0.721. The molecule has 0 saturated heterocycles. The van der Waals surface area contributed by atoms with Gasteiger partial charge < -0.3 is 15.8 Å². The molecule has 0 spiro atoms. The lowest BCUT2D eigenvalue weighted by atomic mass is 10.2. The van der Waals surface area contributed by atoms with Gasteiger partial charge >= 0.3 is 0 Å². The van der Waals surface area contributed by atoms with Gasteiger partial charge in [-0.1, -0.05) is 12.8 Å². The van der Waals surface area contributed by atoms with Gasteiger partial charge in [0, 0.05) is 6.54 Å². The number of nitrogen functional groups attached to an aromatic ring is 1. The number of hydrogen-bond donors (Lipinski definition) is 2. The van der Waals surface area contributed by atoms with Crippen molar-refractivity contribution in [2.24, 2.45) is 5.92 Å². The predicted octanol–water partition coefficient (Wildman–Crippen LogP) is 2.73. The van der Waals surface area contributed by atoms with E-state index in [9.17, 15) is 0 Å². The third-order valence-corrected chi connectivity index (χ3v) is 3.53. The van der Waals surface area contributed by atoms with E-state index in [0.29, 0.717) is 12.4 Å². The van der Waals surface area contributed by atoms with E-state index in [4.69, 9.17) is 10.5 Å². The first kappa shape index (κ1) is 11.5. The second-order valence-corrected chi connectivity index (χ2v) is 4.94. The van der Waals surface area contributed by atoms with E-state index in [1.165, 1.54) is 37.2 Å². The Morgan fingerprint density at radius 3 is 3.06 bits per heavy atom. The molecule has 0 atom stereocenters. The van der Waals surface area contributed by atoms with Crippen LogP contribution in [0.15, 0.2) is 0 Å². The number of rotatable bonds is 7. The summed E-state index contributed by atoms with van der Waals surface area (Å²) in [5.41, 5.74) is 5.72. The van der Waals surface area contributed by atoms with Gasteiger partial charge in [-0.15, -0.1) is 0 Å². The van der Waals surface area contributed by atoms with Crippen LogP contribution in [-0.2, 0) is 0 Å². The Kier molecular flexibility index (Phi) is 3.88. The van der Waals surface area contributed by atoms with Crippen LogP contribution in [-0.4, -0.2) is 17.5 Å². The van der Waals surface area contributed by atoms with Gasteiger partial charge in [0.2, 0.25) is 0 Å². The molecule has 3 N–H and O–H groups in total. The summed E-state index contributed by atoms with van der Waals surface area (Å²) in [7, 11) is 0. The topological polar surface area (TPSA) is 60.2 Å². The van der Waals surface area contributed by atoms with Gasteiger partial charge in [0.25, 0.3) is 0 Å². The average Bonchev–Trinajstić information content (AvgIpc) is 3.04. The van der Waals surface area contributed by atoms with Crippen molar-refractivity contribution in [2.75, 3.05) is 24.2 Å². The molecule has 0 bridgehead atoms. The fourth-order valence-electron chi connectivity index (χ4n) is 1.69. The Morgan fingerprint density at radius 1 is 1.56 bits per heavy atom. The third-order valence-electron chi connectivity index (χ3n) is 2.73. The summed E-state index contributed by atoms with van der Waals surface area (Å²) >= 11 is 1.38. The first-order chi connectivity index (χ1) is 7.81. The molecule has 0 aromatic carbocycles. The molecule has 1 aliphatic rings. The third kappa shape index (κ3) is 3.01. The second kappa shape index (κ2) is 5.39. The molecule has 16 heavy (non-hydrogen) atoms. The minimum absolute atomic E-state index is 0.497. The Hall–Kier alpha value is -0.970. The minimum Gasteiger partial charge on any atom is -0.487 e. The Labute approximate surface area is 100 Å². The highest BCUT2D eigenvalue weighted by Crippen LogP contribution is 2.36. The van der Waals surface area contributed by atoms with E-state index in [1.54, 1.807) is 0 Å². The van der Waals surface area contributed by atoms with Crippen molar-refractivity contribution in [2.45, 2.75) is 32.6 Å². The van der Waals surface area contributed by atoms with E-state index in [-0.39, 0.29) is 0 Å². The SMILES string of the molecule is CCOc1c(N)nsc1NCCCC1CC1. The van der Waals surface area contributed by atoms with Gasteiger partial charge in [0.05, 0.1) is 6.61 Å². The first-order valence-electron chi connectivity index (χ1n) is 5.93. The largest absolute Gasteiger partial charge is 0.487 e. The molecule has 1 aromatic rings. The smallest absolute Gasteiger partial charge is 0.197 e. The van der Waals surface area contributed by atoms with Crippen molar-refractivity contribution >= 4 is 22.4 Å². The van der Waals surface area contributed by atoms with Crippen molar-refractivity contribution in [1.82, 2.24) is 4.37 Å². The lowest BCUT2D eigenvalue weighted by molar-refractivity contribution is 0.344. The summed E-state index contributed by atoms with van der Waals surface area (Å²) in [4.78, 5) is 0. The molecule has 0 amide bonds. The van der Waals surface area contributed by atoms with Crippen LogP contribution in [0.3, 0.4) is 0 Å². The minimum atomic E-state index is 0.497. The van der Waals surface area contributed by atoms with E-state index in [1.807, 2.05) is 6.92 Å². The molecular formula is C11H19N3OS. The molecule has 90 valence electrons. The van der Waals surface area contributed by atoms with E-state index in [0.717, 1.165) is 23.2 Å². The van der Waals surface area contributed by atoms with Crippen LogP contribution in [0.1, 0.15) is 32.6 Å². The number of anilines is 2. The number of nitrogens with zero attached hydrogens (tertiary/aromatic N) is 1. The van der Waals surface area contributed by atoms with Crippen LogP contribution in [0.4, 0.5) is 10.8 Å². The fourth-order valence-corrected chi connectivity index (χ4v) is 2.38. The van der Waals surface area contributed by atoms with E-state index < -0.39 is 0 Å². The second-order valence-electron chi connectivity index (χ2n) is 4.17. The number of hydrogen-bond acceptors (Lipinski definition) is 5. The number of nitrogens with one attached hydrogen (secondary N) is 1. The lowest BCUT2D eigenvalue weighted by Crippen LogP contribution is -2.03. The summed E-state index contributed by atoms with van der Waals surface area (Å²) in [6, 6.07) is 0. The van der Waals surface area contributed by atoms with Gasteiger partial charge in [0.1, 0.15) is 0 Å². The molecule has 1 saturated carbocycles. The lowest BCUT2D eigenvalue weighted by Gasteiger charge is -2.07. The number of nitrogens with two attached hydrogens (primary N) is 1. The maximum atomic E-state index is 5.72. The molecule has 1 heterocycles. The first-order valence-corrected chi connectivity index (χ1v) is 6.70. The van der Waals surface area contributed by atoms with Crippen molar-refractivity contribution in [3.05, 3.63) is 0 Å². The highest BCUT2D eigenvalue weighted by Gasteiger charge is 2.20. The molecule has 0 unspecified atom stereocenters. The van der Waals surface area contributed by atoms with Crippen LogP contribution < -0.4 is 15.8 Å². The standard InChI is InChI=1S/C11H19N3OS/c1-2-15-9-10(12)14-16-11(9)13-7-3-4-8-5-6-8/h8,13H,2-7H2,1H3,(H2,12,14). The molecule has 1 fully saturated rings. The van der Waals surface area contributed by atoms with E-state index in [2.05, 4.69) is 9.69 Å². The van der Waals surface area contributed by atoms with Crippen molar-refractivity contribution in [3.63, 3.8) is 0 Å². The summed E-state index contributed by atoms with van der Waals surface area (Å²) in [6.07, 6.45) is 5.41. The molecule has 1 aromatic heterocycles. The Balaban J connectivity index is 1.77. The zero-order chi connectivity index (χ0) is 11.4. The van der Waals surface area contributed by atoms with Gasteiger partial charge in [0.15, 0.2) is 16.6 Å². The molecule has 1 aliphatic carbocycles. The predicted molar refractivity (Wildman–Crippen MR) is 68.1 cm³/mol. The number of ether oxygens (including phenoxy) is 1. The maximum absolute atomic E-state index is 5.72. The number of aromatic nitrogens is 1. The van der Waals surface area contributed by atoms with Gasteiger partial charge in [-0.2, -0.15) is 4.37 Å². The summed E-state index contributed by atoms with van der Waals surface area (Å²) in [5.74, 6) is 2.22. The molecular weight excluding hydrogens is 222 g/mol. The van der Waals surface area contributed by atoms with Crippen LogP contribution in [0.25, 0.3) is 0 Å². The summed E-state index contributed by atoms with van der Waals surface area (Å²) < 4.78 is 9.55. The van der Waals surface area contributed by atoms with Gasteiger partial charge in [-0.05, 0) is 37.2 Å². The van der Waals surface area contributed by atoms with Crippen molar-refractivity contribution < 1.29 is 4.74 Å². The molecule has 4 nitrogen and oxygen atoms in total. The maximum Gasteiger partial charge on any atom is 0.197 e. The average molecular weight is 241 g/mol. The molecule has 2 rings (SSSR count). The Bertz CT molecular complexity index is 336.